The highest BCUT2D eigenvalue weighted by Crippen LogP contribution is 2.28. The highest BCUT2D eigenvalue weighted by Gasteiger charge is 2.33. The molecule has 16 heavy (non-hydrogen) atoms. The first-order chi connectivity index (χ1) is 7.59. The van der Waals surface area contributed by atoms with Gasteiger partial charge in [-0.05, 0) is 45.1 Å². The fourth-order valence-corrected chi connectivity index (χ4v) is 3.06. The molecule has 3 heteroatoms. The van der Waals surface area contributed by atoms with Gasteiger partial charge in [0.05, 0.1) is 12.1 Å². The van der Waals surface area contributed by atoms with Gasteiger partial charge < -0.3 is 15.4 Å². The third kappa shape index (κ3) is 2.96. The molecule has 1 aliphatic heterocycles. The lowest BCUT2D eigenvalue weighted by Gasteiger charge is -2.37. The Hall–Kier alpha value is -0.120. The fraction of sp³-hybridized carbons (Fsp3) is 1.00. The van der Waals surface area contributed by atoms with E-state index in [1.165, 1.54) is 25.7 Å². The normalized spacial score (nSPS) is 40.5. The minimum Gasteiger partial charge on any atom is -0.379 e. The van der Waals surface area contributed by atoms with Crippen molar-refractivity contribution in [3.63, 3.8) is 0 Å². The fourth-order valence-electron chi connectivity index (χ4n) is 3.06. The minimum atomic E-state index is -0.0855. The summed E-state index contributed by atoms with van der Waals surface area (Å²) in [4.78, 5) is 2.47. The number of hydrogen-bond donors (Lipinski definition) is 1. The first-order valence-electron chi connectivity index (χ1n) is 6.66. The first-order valence-corrected chi connectivity index (χ1v) is 6.66. The number of rotatable bonds is 3. The van der Waals surface area contributed by atoms with Crippen molar-refractivity contribution in [3.8, 4) is 0 Å². The predicted octanol–water partition coefficient (Wildman–Crippen LogP) is 1.61. The van der Waals surface area contributed by atoms with Gasteiger partial charge in [0, 0.05) is 19.2 Å². The first kappa shape index (κ1) is 12.3. The summed E-state index contributed by atoms with van der Waals surface area (Å²) in [6.07, 6.45) is 6.45. The van der Waals surface area contributed by atoms with Crippen molar-refractivity contribution in [3.05, 3.63) is 0 Å². The Morgan fingerprint density at radius 1 is 1.31 bits per heavy atom. The van der Waals surface area contributed by atoms with E-state index in [0.29, 0.717) is 0 Å². The maximum absolute atomic E-state index is 6.33. The Balaban J connectivity index is 1.81. The summed E-state index contributed by atoms with van der Waals surface area (Å²) < 4.78 is 5.41. The highest BCUT2D eigenvalue weighted by atomic mass is 16.5. The van der Waals surface area contributed by atoms with Crippen molar-refractivity contribution < 1.29 is 4.74 Å². The summed E-state index contributed by atoms with van der Waals surface area (Å²) in [6, 6.07) is 0.747. The van der Waals surface area contributed by atoms with Crippen LogP contribution in [0.15, 0.2) is 0 Å². The van der Waals surface area contributed by atoms with E-state index in [0.717, 1.165) is 38.1 Å². The Morgan fingerprint density at radius 3 is 2.56 bits per heavy atom. The van der Waals surface area contributed by atoms with Crippen molar-refractivity contribution in [1.29, 1.82) is 0 Å². The molecule has 0 spiro atoms. The molecule has 94 valence electrons. The molecule has 0 amide bonds. The summed E-state index contributed by atoms with van der Waals surface area (Å²) in [5, 5.41) is 0. The largest absolute Gasteiger partial charge is 0.379 e. The second-order valence-corrected chi connectivity index (χ2v) is 5.99. The van der Waals surface area contributed by atoms with Crippen LogP contribution in [0.5, 0.6) is 0 Å². The lowest BCUT2D eigenvalue weighted by atomic mass is 9.86. The second kappa shape index (κ2) is 5.03. The topological polar surface area (TPSA) is 38.5 Å². The summed E-state index contributed by atoms with van der Waals surface area (Å²) in [7, 11) is 2.23. The van der Waals surface area contributed by atoms with Gasteiger partial charge in [-0.1, -0.05) is 6.92 Å². The summed E-state index contributed by atoms with van der Waals surface area (Å²) in [5.41, 5.74) is 6.24. The predicted molar refractivity (Wildman–Crippen MR) is 66.4 cm³/mol. The second-order valence-electron chi connectivity index (χ2n) is 5.99. The monoisotopic (exact) mass is 226 g/mol. The lowest BCUT2D eigenvalue weighted by molar-refractivity contribution is 0.121. The van der Waals surface area contributed by atoms with Crippen molar-refractivity contribution in [2.45, 2.75) is 50.6 Å². The average Bonchev–Trinajstić information content (AvgIpc) is 2.65. The number of hydrogen-bond acceptors (Lipinski definition) is 3. The Labute approximate surface area is 99.3 Å². The van der Waals surface area contributed by atoms with Crippen LogP contribution >= 0.6 is 0 Å². The molecule has 1 atom stereocenters. The summed E-state index contributed by atoms with van der Waals surface area (Å²) >= 11 is 0. The maximum atomic E-state index is 6.33. The molecule has 2 fully saturated rings. The van der Waals surface area contributed by atoms with Crippen molar-refractivity contribution in [2.24, 2.45) is 11.7 Å². The van der Waals surface area contributed by atoms with Gasteiger partial charge in [-0.15, -0.1) is 0 Å². The maximum Gasteiger partial charge on any atom is 0.0659 e. The van der Waals surface area contributed by atoms with Gasteiger partial charge in [0.1, 0.15) is 0 Å². The SMILES string of the molecule is CC1CCC(N(C)CC2(N)CCOC2)CC1. The smallest absolute Gasteiger partial charge is 0.0659 e. The van der Waals surface area contributed by atoms with Crippen molar-refractivity contribution >= 4 is 0 Å². The molecule has 0 radical (unpaired) electrons. The summed E-state index contributed by atoms with van der Waals surface area (Å²) in [5.74, 6) is 0.923. The quantitative estimate of drug-likeness (QED) is 0.794. The number of ether oxygens (including phenoxy) is 1. The van der Waals surface area contributed by atoms with Gasteiger partial charge in [-0.2, -0.15) is 0 Å². The van der Waals surface area contributed by atoms with Crippen LogP contribution in [-0.2, 0) is 4.74 Å². The van der Waals surface area contributed by atoms with Crippen LogP contribution in [-0.4, -0.2) is 43.3 Å². The van der Waals surface area contributed by atoms with E-state index in [2.05, 4.69) is 18.9 Å². The van der Waals surface area contributed by atoms with Crippen LogP contribution in [0.25, 0.3) is 0 Å². The van der Waals surface area contributed by atoms with E-state index in [4.69, 9.17) is 10.5 Å². The number of likely N-dealkylation sites (N-methyl/N-ethyl adjacent to an activating group) is 1. The molecule has 3 nitrogen and oxygen atoms in total. The number of nitrogens with zero attached hydrogens (tertiary/aromatic N) is 1. The van der Waals surface area contributed by atoms with Gasteiger partial charge in [0.2, 0.25) is 0 Å². The van der Waals surface area contributed by atoms with Gasteiger partial charge in [0.25, 0.3) is 0 Å². The molecule has 2 N–H and O–H groups in total. The highest BCUT2D eigenvalue weighted by molar-refractivity contribution is 4.92. The molecule has 0 bridgehead atoms. The molecule has 1 heterocycles. The molecule has 0 aromatic carbocycles. The molecule has 1 saturated carbocycles. The van der Waals surface area contributed by atoms with E-state index in [1.807, 2.05) is 0 Å². The molecule has 2 aliphatic rings. The van der Waals surface area contributed by atoms with E-state index in [1.54, 1.807) is 0 Å². The minimum absolute atomic E-state index is 0.0855. The Bertz CT molecular complexity index is 218. The zero-order chi connectivity index (χ0) is 11.6. The molecular formula is C13H26N2O. The lowest BCUT2D eigenvalue weighted by Crippen LogP contribution is -2.52. The Kier molecular flexibility index (Phi) is 3.88. The van der Waals surface area contributed by atoms with Gasteiger partial charge in [0.15, 0.2) is 0 Å². The van der Waals surface area contributed by atoms with Crippen LogP contribution in [0.2, 0.25) is 0 Å². The third-order valence-corrected chi connectivity index (χ3v) is 4.31. The van der Waals surface area contributed by atoms with Gasteiger partial charge in [-0.25, -0.2) is 0 Å². The van der Waals surface area contributed by atoms with Crippen LogP contribution in [0.3, 0.4) is 0 Å². The van der Waals surface area contributed by atoms with Crippen LogP contribution in [0.4, 0.5) is 0 Å². The van der Waals surface area contributed by atoms with Crippen molar-refractivity contribution in [1.82, 2.24) is 4.90 Å². The number of nitrogens with two attached hydrogens (primary N) is 1. The molecule has 1 saturated heterocycles. The zero-order valence-electron chi connectivity index (χ0n) is 10.7. The zero-order valence-corrected chi connectivity index (χ0v) is 10.7. The van der Waals surface area contributed by atoms with Crippen LogP contribution in [0.1, 0.15) is 39.0 Å². The Morgan fingerprint density at radius 2 is 2.00 bits per heavy atom. The van der Waals surface area contributed by atoms with Crippen LogP contribution in [0, 0.1) is 5.92 Å². The average molecular weight is 226 g/mol. The summed E-state index contributed by atoms with van der Waals surface area (Å²) in [6.45, 7) is 4.93. The van der Waals surface area contributed by atoms with E-state index in [9.17, 15) is 0 Å². The van der Waals surface area contributed by atoms with E-state index in [-0.39, 0.29) is 5.54 Å². The molecule has 0 aromatic heterocycles. The molecule has 1 unspecified atom stereocenters. The van der Waals surface area contributed by atoms with Gasteiger partial charge >= 0.3 is 0 Å². The van der Waals surface area contributed by atoms with E-state index < -0.39 is 0 Å². The van der Waals surface area contributed by atoms with Crippen LogP contribution < -0.4 is 5.73 Å². The van der Waals surface area contributed by atoms with Crippen molar-refractivity contribution in [2.75, 3.05) is 26.8 Å². The third-order valence-electron chi connectivity index (χ3n) is 4.31. The molecule has 0 aromatic rings. The van der Waals surface area contributed by atoms with Gasteiger partial charge in [-0.3, -0.25) is 0 Å². The molecular weight excluding hydrogens is 200 g/mol. The molecule has 2 rings (SSSR count). The van der Waals surface area contributed by atoms with E-state index >= 15 is 0 Å². The molecule has 1 aliphatic carbocycles. The standard InChI is InChI=1S/C13H26N2O/c1-11-3-5-12(6-4-11)15(2)9-13(14)7-8-16-10-13/h11-12H,3-10,14H2,1-2H3.